The topological polar surface area (TPSA) is 80.4 Å². The molecule has 0 atom stereocenters. The molecule has 0 bridgehead atoms. The van der Waals surface area contributed by atoms with E-state index in [9.17, 15) is 9.59 Å². The number of aromatic nitrogens is 1. The molecule has 132 valence electrons. The molecule has 0 saturated heterocycles. The quantitative estimate of drug-likeness (QED) is 0.745. The van der Waals surface area contributed by atoms with Crippen molar-refractivity contribution in [2.45, 2.75) is 19.3 Å². The first-order valence-electron chi connectivity index (χ1n) is 8.71. The molecule has 2 N–H and O–H groups in total. The molecule has 1 aliphatic carbocycles. The van der Waals surface area contributed by atoms with Gasteiger partial charge in [0.15, 0.2) is 17.3 Å². The number of fused-ring (bicyclic) bond motifs is 8. The molecule has 2 aromatic carbocycles. The Labute approximate surface area is 149 Å². The van der Waals surface area contributed by atoms with Crippen LogP contribution in [0.2, 0.25) is 0 Å². The Morgan fingerprint density at radius 1 is 0.962 bits per heavy atom. The normalized spacial score (nSPS) is 15.9. The molecule has 1 aliphatic heterocycles. The summed E-state index contributed by atoms with van der Waals surface area (Å²) in [6, 6.07) is 3.77. The average Bonchev–Trinajstić information content (AvgIpc) is 3.27. The molecular weight excluding hydrogens is 332 g/mol. The SMILES string of the molecule is COc1ccc2[nH]c3c4c(c5c(c3c2c1OC)C(=O)CNC5=O)CCC4. The Morgan fingerprint density at radius 2 is 1.77 bits per heavy atom. The number of ether oxygens (including phenoxy) is 2. The van der Waals surface area contributed by atoms with Crippen molar-refractivity contribution in [1.29, 1.82) is 0 Å². The smallest absolute Gasteiger partial charge is 0.252 e. The minimum absolute atomic E-state index is 0.0265. The number of carbonyl (C=O) groups excluding carboxylic acids is 2. The van der Waals surface area contributed by atoms with Gasteiger partial charge in [0.1, 0.15) is 0 Å². The Balaban J connectivity index is 2.06. The van der Waals surface area contributed by atoms with Crippen LogP contribution in [0.3, 0.4) is 0 Å². The number of hydrogen-bond donors (Lipinski definition) is 2. The van der Waals surface area contributed by atoms with E-state index in [-0.39, 0.29) is 18.2 Å². The third-order valence-corrected chi connectivity index (χ3v) is 5.54. The summed E-state index contributed by atoms with van der Waals surface area (Å²) >= 11 is 0. The van der Waals surface area contributed by atoms with Gasteiger partial charge < -0.3 is 19.8 Å². The van der Waals surface area contributed by atoms with Crippen LogP contribution < -0.4 is 14.8 Å². The molecule has 1 amide bonds. The van der Waals surface area contributed by atoms with Gasteiger partial charge in [0, 0.05) is 10.9 Å². The summed E-state index contributed by atoms with van der Waals surface area (Å²) in [5.74, 6) is 0.957. The van der Waals surface area contributed by atoms with E-state index in [0.29, 0.717) is 22.6 Å². The van der Waals surface area contributed by atoms with E-state index in [4.69, 9.17) is 9.47 Å². The molecule has 0 fully saturated rings. The van der Waals surface area contributed by atoms with Crippen molar-refractivity contribution < 1.29 is 19.1 Å². The third kappa shape index (κ3) is 1.76. The van der Waals surface area contributed by atoms with E-state index >= 15 is 0 Å². The van der Waals surface area contributed by atoms with Crippen molar-refractivity contribution in [1.82, 2.24) is 10.3 Å². The Morgan fingerprint density at radius 3 is 2.54 bits per heavy atom. The summed E-state index contributed by atoms with van der Waals surface area (Å²) in [6.07, 6.45) is 2.70. The van der Waals surface area contributed by atoms with Crippen molar-refractivity contribution in [2.75, 3.05) is 20.8 Å². The molecule has 6 nitrogen and oxygen atoms in total. The summed E-state index contributed by atoms with van der Waals surface area (Å²) in [7, 11) is 3.18. The zero-order valence-corrected chi connectivity index (χ0v) is 14.6. The number of methoxy groups -OCH3 is 2. The van der Waals surface area contributed by atoms with Crippen LogP contribution >= 0.6 is 0 Å². The number of aryl methyl sites for hydroxylation is 1. The number of benzene rings is 2. The number of carbonyl (C=O) groups is 2. The molecule has 0 radical (unpaired) electrons. The summed E-state index contributed by atoms with van der Waals surface area (Å²) in [4.78, 5) is 29.0. The third-order valence-electron chi connectivity index (χ3n) is 5.54. The number of H-pyrrole nitrogens is 1. The fraction of sp³-hybridized carbons (Fsp3) is 0.300. The molecule has 0 spiro atoms. The molecule has 0 unspecified atom stereocenters. The van der Waals surface area contributed by atoms with Gasteiger partial charge in [-0.1, -0.05) is 0 Å². The molecule has 6 heteroatoms. The average molecular weight is 350 g/mol. The van der Waals surface area contributed by atoms with Gasteiger partial charge in [-0.25, -0.2) is 0 Å². The minimum Gasteiger partial charge on any atom is -0.493 e. The Hall–Kier alpha value is -3.02. The first kappa shape index (κ1) is 15.3. The van der Waals surface area contributed by atoms with Crippen molar-refractivity contribution in [3.05, 3.63) is 34.4 Å². The van der Waals surface area contributed by atoms with Crippen LogP contribution in [0.15, 0.2) is 12.1 Å². The maximum Gasteiger partial charge on any atom is 0.252 e. The van der Waals surface area contributed by atoms with Crippen molar-refractivity contribution >= 4 is 33.5 Å². The highest BCUT2D eigenvalue weighted by molar-refractivity contribution is 6.27. The minimum atomic E-state index is -0.157. The highest BCUT2D eigenvalue weighted by Gasteiger charge is 2.34. The van der Waals surface area contributed by atoms with Gasteiger partial charge in [0.2, 0.25) is 0 Å². The van der Waals surface area contributed by atoms with Gasteiger partial charge in [-0.05, 0) is 42.5 Å². The molecule has 0 saturated carbocycles. The van der Waals surface area contributed by atoms with Crippen LogP contribution in [0.5, 0.6) is 11.5 Å². The lowest BCUT2D eigenvalue weighted by atomic mass is 9.87. The number of amides is 1. The van der Waals surface area contributed by atoms with Gasteiger partial charge in [0.25, 0.3) is 5.91 Å². The molecule has 26 heavy (non-hydrogen) atoms. The van der Waals surface area contributed by atoms with Crippen LogP contribution in [0.4, 0.5) is 0 Å². The second-order valence-corrected chi connectivity index (χ2v) is 6.77. The number of aromatic amines is 1. The lowest BCUT2D eigenvalue weighted by Crippen LogP contribution is -2.37. The Kier molecular flexibility index (Phi) is 3.07. The first-order valence-corrected chi connectivity index (χ1v) is 8.71. The number of Topliss-reactive ketones (excluding diaryl/α,β-unsaturated/α-hetero) is 1. The largest absolute Gasteiger partial charge is 0.493 e. The summed E-state index contributed by atoms with van der Waals surface area (Å²) < 4.78 is 11.1. The lowest BCUT2D eigenvalue weighted by Gasteiger charge is -2.20. The highest BCUT2D eigenvalue weighted by Crippen LogP contribution is 2.45. The second kappa shape index (κ2) is 5.24. The number of hydrogen-bond acceptors (Lipinski definition) is 4. The van der Waals surface area contributed by atoms with Crippen molar-refractivity contribution in [3.8, 4) is 11.5 Å². The molecule has 2 aliphatic rings. The van der Waals surface area contributed by atoms with E-state index in [1.54, 1.807) is 14.2 Å². The number of nitrogens with one attached hydrogen (secondary N) is 2. The van der Waals surface area contributed by atoms with Gasteiger partial charge >= 0.3 is 0 Å². The van der Waals surface area contributed by atoms with Crippen LogP contribution in [-0.2, 0) is 12.8 Å². The van der Waals surface area contributed by atoms with E-state index in [1.807, 2.05) is 12.1 Å². The van der Waals surface area contributed by atoms with Gasteiger partial charge in [0.05, 0.1) is 42.7 Å². The van der Waals surface area contributed by atoms with Crippen molar-refractivity contribution in [3.63, 3.8) is 0 Å². The molecule has 3 aromatic rings. The number of ketones is 1. The summed E-state index contributed by atoms with van der Waals surface area (Å²) in [5.41, 5.74) is 5.03. The van der Waals surface area contributed by atoms with E-state index in [2.05, 4.69) is 10.3 Å². The molecular formula is C20H18N2O4. The zero-order valence-electron chi connectivity index (χ0n) is 14.6. The number of rotatable bonds is 2. The monoisotopic (exact) mass is 350 g/mol. The van der Waals surface area contributed by atoms with Crippen LogP contribution in [0.25, 0.3) is 21.8 Å². The van der Waals surface area contributed by atoms with E-state index < -0.39 is 0 Å². The summed E-state index contributed by atoms with van der Waals surface area (Å²) in [6.45, 7) is 0.0265. The van der Waals surface area contributed by atoms with Crippen LogP contribution in [0.1, 0.15) is 38.3 Å². The van der Waals surface area contributed by atoms with Crippen molar-refractivity contribution in [2.24, 2.45) is 0 Å². The predicted octanol–water partition coefficient (Wildman–Crippen LogP) is 2.75. The van der Waals surface area contributed by atoms with Gasteiger partial charge in [-0.2, -0.15) is 0 Å². The fourth-order valence-corrected chi connectivity index (χ4v) is 4.52. The molecule has 1 aromatic heterocycles. The van der Waals surface area contributed by atoms with E-state index in [1.165, 1.54) is 0 Å². The maximum absolute atomic E-state index is 12.8. The zero-order chi connectivity index (χ0) is 18.0. The van der Waals surface area contributed by atoms with Crippen LogP contribution in [-0.4, -0.2) is 37.4 Å². The summed E-state index contributed by atoms with van der Waals surface area (Å²) in [5, 5.41) is 4.30. The first-order chi connectivity index (χ1) is 12.7. The second-order valence-electron chi connectivity index (χ2n) is 6.77. The molecule has 2 heterocycles. The Bertz CT molecular complexity index is 1130. The fourth-order valence-electron chi connectivity index (χ4n) is 4.52. The van der Waals surface area contributed by atoms with E-state index in [0.717, 1.165) is 52.2 Å². The standard InChI is InChI=1S/C20H18N2O4/c1-25-13-7-6-11-15(19(13)26-2)17-16-12(23)8-21-20(24)14(16)9-4-3-5-10(9)18(17)22-11/h6-7,22H,3-5,8H2,1-2H3,(H,21,24). The highest BCUT2D eigenvalue weighted by atomic mass is 16.5. The lowest BCUT2D eigenvalue weighted by molar-refractivity contribution is 0.0877. The van der Waals surface area contributed by atoms with Gasteiger partial charge in [-0.3, -0.25) is 9.59 Å². The predicted molar refractivity (Wildman–Crippen MR) is 97.6 cm³/mol. The van der Waals surface area contributed by atoms with Crippen LogP contribution in [0, 0.1) is 0 Å². The maximum atomic E-state index is 12.8. The molecule has 5 rings (SSSR count). The van der Waals surface area contributed by atoms with Gasteiger partial charge in [-0.15, -0.1) is 0 Å².